The van der Waals surface area contributed by atoms with E-state index in [0.29, 0.717) is 11.1 Å². The lowest BCUT2D eigenvalue weighted by Crippen LogP contribution is -2.02. The molecule has 172 valence electrons. The largest absolute Gasteiger partial charge is 0.309 e. The van der Waals surface area contributed by atoms with Crippen LogP contribution in [0.1, 0.15) is 26.3 Å². The Morgan fingerprint density at radius 2 is 1.14 bits per heavy atom. The molecule has 0 radical (unpaired) electrons. The summed E-state index contributed by atoms with van der Waals surface area (Å²) in [6.45, 7) is 0. The first-order valence-electron chi connectivity index (χ1n) is 11.6. The van der Waals surface area contributed by atoms with Crippen LogP contribution in [-0.2, 0) is 0 Å². The highest BCUT2D eigenvalue weighted by Crippen LogP contribution is 2.38. The van der Waals surface area contributed by atoms with Crippen LogP contribution in [0, 0.1) is 0 Å². The number of fused-ring (bicyclic) bond motifs is 1. The van der Waals surface area contributed by atoms with E-state index in [2.05, 4.69) is 63.0 Å². The molecule has 4 aromatic carbocycles. The minimum Gasteiger partial charge on any atom is -0.309 e. The van der Waals surface area contributed by atoms with Gasteiger partial charge in [-0.25, -0.2) is 0 Å². The molecule has 0 saturated heterocycles. The molecule has 0 bridgehead atoms. The van der Waals surface area contributed by atoms with Gasteiger partial charge in [-0.3, -0.25) is 9.59 Å². The Morgan fingerprint density at radius 1 is 0.611 bits per heavy atom. The average molecular weight is 530 g/mol. The molecule has 1 aromatic heterocycles. The SMILES string of the molecule is O=C1C(=Cc2cc(-c3ccccc3)n(-c3ccc(Br)cc3)c2-c2ccccc2)C(=O)c2ccccc21. The number of benzene rings is 4. The third-order valence-corrected chi connectivity index (χ3v) is 6.97. The van der Waals surface area contributed by atoms with Crippen LogP contribution in [0.5, 0.6) is 0 Å². The summed E-state index contributed by atoms with van der Waals surface area (Å²) >= 11 is 3.54. The molecule has 1 heterocycles. The molecule has 1 aliphatic rings. The van der Waals surface area contributed by atoms with Crippen molar-refractivity contribution in [2.24, 2.45) is 0 Å². The fraction of sp³-hybridized carbons (Fsp3) is 0. The van der Waals surface area contributed by atoms with Crippen LogP contribution in [0.25, 0.3) is 34.3 Å². The molecule has 0 spiro atoms. The zero-order valence-electron chi connectivity index (χ0n) is 19.2. The van der Waals surface area contributed by atoms with Crippen molar-refractivity contribution < 1.29 is 9.59 Å². The van der Waals surface area contributed by atoms with E-state index >= 15 is 0 Å². The molecular weight excluding hydrogens is 510 g/mol. The molecule has 0 amide bonds. The standard InChI is InChI=1S/C32H20BrNO2/c33-24-15-17-25(18-16-24)34-29(21-9-3-1-4-10-21)20-23(30(34)22-11-5-2-6-12-22)19-28-31(35)26-13-7-8-14-27(26)32(28)36/h1-20H. The van der Waals surface area contributed by atoms with E-state index in [9.17, 15) is 9.59 Å². The number of carbonyl (C=O) groups excluding carboxylic acids is 2. The van der Waals surface area contributed by atoms with Crippen LogP contribution in [0.15, 0.2) is 125 Å². The molecule has 5 aromatic rings. The summed E-state index contributed by atoms with van der Waals surface area (Å²) < 4.78 is 3.18. The Morgan fingerprint density at radius 3 is 1.72 bits per heavy atom. The summed E-state index contributed by atoms with van der Waals surface area (Å²) in [5.74, 6) is -0.459. The van der Waals surface area contributed by atoms with Crippen LogP contribution in [0.3, 0.4) is 0 Å². The summed E-state index contributed by atoms with van der Waals surface area (Å²) in [5.41, 5.74) is 6.83. The topological polar surface area (TPSA) is 39.1 Å². The maximum atomic E-state index is 13.2. The summed E-state index contributed by atoms with van der Waals surface area (Å²) in [6.07, 6.45) is 1.76. The molecule has 0 unspecified atom stereocenters. The third-order valence-electron chi connectivity index (χ3n) is 6.44. The number of nitrogens with zero attached hydrogens (tertiary/aromatic N) is 1. The first-order valence-corrected chi connectivity index (χ1v) is 12.4. The van der Waals surface area contributed by atoms with Gasteiger partial charge in [-0.15, -0.1) is 0 Å². The lowest BCUT2D eigenvalue weighted by atomic mass is 10.0. The van der Waals surface area contributed by atoms with E-state index in [4.69, 9.17) is 0 Å². The van der Waals surface area contributed by atoms with Crippen LogP contribution in [-0.4, -0.2) is 16.1 Å². The van der Waals surface area contributed by atoms with E-state index in [0.717, 1.165) is 38.2 Å². The number of Topliss-reactive ketones (excluding diaryl/α,β-unsaturated/α-hetero) is 2. The van der Waals surface area contributed by atoms with Crippen molar-refractivity contribution in [1.82, 2.24) is 4.57 Å². The Hall–Kier alpha value is -4.28. The minimum absolute atomic E-state index is 0.195. The number of carbonyl (C=O) groups is 2. The molecule has 6 rings (SSSR count). The summed E-state index contributed by atoms with van der Waals surface area (Å²) in [4.78, 5) is 26.5. The van der Waals surface area contributed by atoms with E-state index in [1.807, 2.05) is 48.5 Å². The van der Waals surface area contributed by atoms with E-state index in [1.54, 1.807) is 30.3 Å². The van der Waals surface area contributed by atoms with Crippen LogP contribution >= 0.6 is 15.9 Å². The second kappa shape index (κ2) is 9.06. The zero-order valence-corrected chi connectivity index (χ0v) is 20.8. The normalized spacial score (nSPS) is 12.6. The number of halogens is 1. The Balaban J connectivity index is 1.65. The molecule has 4 heteroatoms. The second-order valence-electron chi connectivity index (χ2n) is 8.64. The number of hydrogen-bond acceptors (Lipinski definition) is 2. The first-order chi connectivity index (χ1) is 17.6. The number of aromatic nitrogens is 1. The van der Waals surface area contributed by atoms with Crippen molar-refractivity contribution in [3.05, 3.63) is 142 Å². The molecule has 3 nitrogen and oxygen atoms in total. The molecule has 0 saturated carbocycles. The van der Waals surface area contributed by atoms with Crippen LogP contribution in [0.4, 0.5) is 0 Å². The highest BCUT2D eigenvalue weighted by Gasteiger charge is 2.33. The molecular formula is C32H20BrNO2. The maximum Gasteiger partial charge on any atom is 0.197 e. The van der Waals surface area contributed by atoms with Gasteiger partial charge in [-0.1, -0.05) is 101 Å². The molecule has 1 aliphatic carbocycles. The van der Waals surface area contributed by atoms with Crippen molar-refractivity contribution in [3.8, 4) is 28.2 Å². The van der Waals surface area contributed by atoms with Crippen molar-refractivity contribution in [2.45, 2.75) is 0 Å². The van der Waals surface area contributed by atoms with E-state index < -0.39 is 0 Å². The fourth-order valence-electron chi connectivity index (χ4n) is 4.77. The quantitative estimate of drug-likeness (QED) is 0.174. The van der Waals surface area contributed by atoms with Gasteiger partial charge in [0, 0.05) is 26.9 Å². The van der Waals surface area contributed by atoms with Crippen molar-refractivity contribution >= 4 is 33.6 Å². The van der Waals surface area contributed by atoms with Gasteiger partial charge >= 0.3 is 0 Å². The number of ketones is 2. The molecule has 0 N–H and O–H groups in total. The van der Waals surface area contributed by atoms with Gasteiger partial charge in [0.2, 0.25) is 0 Å². The van der Waals surface area contributed by atoms with Crippen LogP contribution in [0.2, 0.25) is 0 Å². The fourth-order valence-corrected chi connectivity index (χ4v) is 5.03. The average Bonchev–Trinajstić information content (AvgIpc) is 3.42. The highest BCUT2D eigenvalue weighted by molar-refractivity contribution is 9.10. The van der Waals surface area contributed by atoms with Gasteiger partial charge in [0.15, 0.2) is 11.6 Å². The molecule has 0 fully saturated rings. The first kappa shape index (κ1) is 22.2. The smallest absolute Gasteiger partial charge is 0.197 e. The summed E-state index contributed by atoms with van der Waals surface area (Å²) in [7, 11) is 0. The van der Waals surface area contributed by atoms with E-state index in [-0.39, 0.29) is 17.1 Å². The monoisotopic (exact) mass is 529 g/mol. The summed E-state index contributed by atoms with van der Waals surface area (Å²) in [5, 5.41) is 0. The highest BCUT2D eigenvalue weighted by atomic mass is 79.9. The lowest BCUT2D eigenvalue weighted by molar-refractivity contribution is 0.0990. The van der Waals surface area contributed by atoms with Gasteiger partial charge in [0.1, 0.15) is 0 Å². The number of hydrogen-bond donors (Lipinski definition) is 0. The summed E-state index contributed by atoms with van der Waals surface area (Å²) in [6, 6.07) is 37.4. The van der Waals surface area contributed by atoms with Gasteiger partial charge in [-0.05, 0) is 47.5 Å². The van der Waals surface area contributed by atoms with Gasteiger partial charge in [-0.2, -0.15) is 0 Å². The lowest BCUT2D eigenvalue weighted by Gasteiger charge is -2.15. The van der Waals surface area contributed by atoms with Crippen molar-refractivity contribution in [3.63, 3.8) is 0 Å². The van der Waals surface area contributed by atoms with E-state index in [1.165, 1.54) is 0 Å². The zero-order chi connectivity index (χ0) is 24.6. The van der Waals surface area contributed by atoms with Crippen LogP contribution < -0.4 is 0 Å². The molecule has 0 atom stereocenters. The van der Waals surface area contributed by atoms with Crippen molar-refractivity contribution in [2.75, 3.05) is 0 Å². The van der Waals surface area contributed by atoms with Gasteiger partial charge < -0.3 is 4.57 Å². The third kappa shape index (κ3) is 3.76. The predicted octanol–water partition coefficient (Wildman–Crippen LogP) is 8.04. The van der Waals surface area contributed by atoms with Gasteiger partial charge in [0.05, 0.1) is 17.0 Å². The molecule has 0 aliphatic heterocycles. The second-order valence-corrected chi connectivity index (χ2v) is 9.55. The number of rotatable bonds is 4. The number of allylic oxidation sites excluding steroid dienone is 1. The Kier molecular flexibility index (Phi) is 5.59. The van der Waals surface area contributed by atoms with Crippen molar-refractivity contribution in [1.29, 1.82) is 0 Å². The van der Waals surface area contributed by atoms with Gasteiger partial charge in [0.25, 0.3) is 0 Å². The Labute approximate surface area is 217 Å². The Bertz CT molecular complexity index is 1610. The minimum atomic E-state index is -0.229. The predicted molar refractivity (Wildman–Crippen MR) is 147 cm³/mol. The molecule has 36 heavy (non-hydrogen) atoms. The maximum absolute atomic E-state index is 13.2.